The minimum Gasteiger partial charge on any atom is -0.491 e. The molecule has 6 nitrogen and oxygen atoms in total. The fraction of sp³-hybridized carbons (Fsp3) is 0.423. The molecule has 170 valence electrons. The van der Waals surface area contributed by atoms with E-state index in [9.17, 15) is 5.11 Å². The van der Waals surface area contributed by atoms with Gasteiger partial charge in [-0.3, -0.25) is 4.90 Å². The number of piperidine rings is 1. The van der Waals surface area contributed by atoms with Crippen LogP contribution in [0.15, 0.2) is 67.0 Å². The predicted molar refractivity (Wildman–Crippen MR) is 127 cm³/mol. The average Bonchev–Trinajstić information content (AvgIpc) is 3.34. The van der Waals surface area contributed by atoms with Crippen LogP contribution in [0.5, 0.6) is 5.75 Å². The Morgan fingerprint density at radius 1 is 1.03 bits per heavy atom. The van der Waals surface area contributed by atoms with Crippen molar-refractivity contribution in [2.24, 2.45) is 0 Å². The van der Waals surface area contributed by atoms with Gasteiger partial charge in [0.25, 0.3) is 0 Å². The van der Waals surface area contributed by atoms with Crippen molar-refractivity contribution in [3.8, 4) is 11.4 Å². The molecule has 6 heteroatoms. The van der Waals surface area contributed by atoms with Gasteiger partial charge < -0.3 is 14.7 Å². The van der Waals surface area contributed by atoms with Gasteiger partial charge in [-0.25, -0.2) is 4.68 Å². The smallest absolute Gasteiger partial charge is 0.123 e. The largest absolute Gasteiger partial charge is 0.491 e. The fourth-order valence-electron chi connectivity index (χ4n) is 4.33. The van der Waals surface area contributed by atoms with Crippen molar-refractivity contribution in [2.45, 2.75) is 38.5 Å². The first-order valence-electron chi connectivity index (χ1n) is 11.6. The first-order chi connectivity index (χ1) is 15.7. The van der Waals surface area contributed by atoms with E-state index in [0.717, 1.165) is 43.2 Å². The van der Waals surface area contributed by atoms with Crippen molar-refractivity contribution in [3.63, 3.8) is 0 Å². The van der Waals surface area contributed by atoms with E-state index in [0.29, 0.717) is 13.2 Å². The molecule has 4 rings (SSSR count). The van der Waals surface area contributed by atoms with Crippen LogP contribution in [0.1, 0.15) is 30.4 Å². The number of ether oxygens (including phenoxy) is 1. The van der Waals surface area contributed by atoms with Gasteiger partial charge in [0, 0.05) is 37.6 Å². The predicted octanol–water partition coefficient (Wildman–Crippen LogP) is 3.73. The molecule has 0 saturated carbocycles. The molecular weight excluding hydrogens is 400 g/mol. The highest BCUT2D eigenvalue weighted by Gasteiger charge is 2.16. The molecule has 1 aliphatic rings. The summed E-state index contributed by atoms with van der Waals surface area (Å²) in [7, 11) is 2.11. The summed E-state index contributed by atoms with van der Waals surface area (Å²) in [6.07, 6.45) is 7.04. The van der Waals surface area contributed by atoms with Crippen molar-refractivity contribution in [1.29, 1.82) is 0 Å². The SMILES string of the molecule is CN(Cc1cccc(-n2cccn2)c1)Cc1ccccc1OC[C@H](O)CN1CCCCC1. The van der Waals surface area contributed by atoms with Gasteiger partial charge in [0.2, 0.25) is 0 Å². The molecule has 2 heterocycles. The Morgan fingerprint density at radius 3 is 2.69 bits per heavy atom. The van der Waals surface area contributed by atoms with Gasteiger partial charge in [-0.15, -0.1) is 0 Å². The zero-order chi connectivity index (χ0) is 22.2. The molecule has 1 aliphatic heterocycles. The number of para-hydroxylation sites is 1. The van der Waals surface area contributed by atoms with Crippen molar-refractivity contribution in [1.82, 2.24) is 19.6 Å². The van der Waals surface area contributed by atoms with Crippen LogP contribution in [0.3, 0.4) is 0 Å². The minimum atomic E-state index is -0.469. The summed E-state index contributed by atoms with van der Waals surface area (Å²) in [4.78, 5) is 4.61. The van der Waals surface area contributed by atoms with E-state index in [1.54, 1.807) is 6.20 Å². The second-order valence-electron chi connectivity index (χ2n) is 8.73. The number of aromatic nitrogens is 2. The Morgan fingerprint density at radius 2 is 1.88 bits per heavy atom. The second kappa shape index (κ2) is 11.3. The zero-order valence-electron chi connectivity index (χ0n) is 18.9. The lowest BCUT2D eigenvalue weighted by atomic mass is 10.1. The Kier molecular flexibility index (Phi) is 7.93. The molecule has 1 N–H and O–H groups in total. The Hall–Kier alpha value is -2.67. The van der Waals surface area contributed by atoms with Gasteiger partial charge >= 0.3 is 0 Å². The van der Waals surface area contributed by atoms with Crippen LogP contribution in [-0.4, -0.2) is 64.1 Å². The van der Waals surface area contributed by atoms with Gasteiger partial charge in [-0.05, 0) is 62.8 Å². The first-order valence-corrected chi connectivity index (χ1v) is 11.6. The summed E-state index contributed by atoms with van der Waals surface area (Å²) < 4.78 is 7.92. The maximum absolute atomic E-state index is 10.5. The molecule has 1 saturated heterocycles. The molecule has 1 atom stereocenters. The standard InChI is InChI=1S/C26H34N4O2/c1-28(18-22-9-7-11-24(17-22)30-16-8-13-27-30)19-23-10-3-4-12-26(23)32-21-25(31)20-29-14-5-2-6-15-29/h3-4,7-13,16-17,25,31H,2,5-6,14-15,18-21H2,1H3/t25-/m1/s1. The van der Waals surface area contributed by atoms with Crippen molar-refractivity contribution < 1.29 is 9.84 Å². The number of nitrogens with zero attached hydrogens (tertiary/aromatic N) is 4. The molecule has 0 bridgehead atoms. The van der Waals surface area contributed by atoms with Gasteiger partial charge in [0.15, 0.2) is 0 Å². The number of hydrogen-bond acceptors (Lipinski definition) is 5. The fourth-order valence-corrected chi connectivity index (χ4v) is 4.33. The molecule has 0 radical (unpaired) electrons. The molecule has 2 aromatic carbocycles. The number of β-amino-alcohol motifs (C(OH)–C–C–N with tert-alkyl or cyclic N) is 1. The lowest BCUT2D eigenvalue weighted by Gasteiger charge is -2.28. The maximum atomic E-state index is 10.5. The van der Waals surface area contributed by atoms with Crippen molar-refractivity contribution in [2.75, 3.05) is 33.3 Å². The Labute approximate surface area is 191 Å². The van der Waals surface area contributed by atoms with Crippen LogP contribution in [0.4, 0.5) is 0 Å². The normalized spacial score (nSPS) is 15.7. The van der Waals surface area contributed by atoms with E-state index in [-0.39, 0.29) is 0 Å². The van der Waals surface area contributed by atoms with Crippen molar-refractivity contribution in [3.05, 3.63) is 78.1 Å². The number of rotatable bonds is 10. The topological polar surface area (TPSA) is 53.8 Å². The third kappa shape index (κ3) is 6.42. The molecule has 1 aromatic heterocycles. The van der Waals surface area contributed by atoms with E-state index >= 15 is 0 Å². The number of hydrogen-bond donors (Lipinski definition) is 1. The van der Waals surface area contributed by atoms with E-state index in [1.165, 1.54) is 24.8 Å². The molecule has 0 amide bonds. The van der Waals surface area contributed by atoms with Gasteiger partial charge in [-0.1, -0.05) is 36.8 Å². The second-order valence-corrected chi connectivity index (χ2v) is 8.73. The quantitative estimate of drug-likeness (QED) is 0.527. The number of benzene rings is 2. The molecule has 1 fully saturated rings. The van der Waals surface area contributed by atoms with Crippen molar-refractivity contribution >= 4 is 0 Å². The highest BCUT2D eigenvalue weighted by atomic mass is 16.5. The first kappa shape index (κ1) is 22.5. The summed E-state index contributed by atoms with van der Waals surface area (Å²) >= 11 is 0. The van der Waals surface area contributed by atoms with Crippen LogP contribution in [0.2, 0.25) is 0 Å². The van der Waals surface area contributed by atoms with Crippen LogP contribution in [0.25, 0.3) is 5.69 Å². The lowest BCUT2D eigenvalue weighted by Crippen LogP contribution is -2.38. The summed E-state index contributed by atoms with van der Waals surface area (Å²) in [6.45, 7) is 4.77. The lowest BCUT2D eigenvalue weighted by molar-refractivity contribution is 0.0612. The van der Waals surface area contributed by atoms with E-state index in [1.807, 2.05) is 35.1 Å². The van der Waals surface area contributed by atoms with Gasteiger partial charge in [0.1, 0.15) is 18.5 Å². The summed E-state index contributed by atoms with van der Waals surface area (Å²) in [5.41, 5.74) is 3.42. The molecule has 0 unspecified atom stereocenters. The van der Waals surface area contributed by atoms with Crippen LogP contribution >= 0.6 is 0 Å². The summed E-state index contributed by atoms with van der Waals surface area (Å²) in [5.74, 6) is 0.849. The molecule has 0 spiro atoms. The van der Waals surface area contributed by atoms with Crippen LogP contribution in [0, 0.1) is 0 Å². The number of likely N-dealkylation sites (tertiary alicyclic amines) is 1. The summed E-state index contributed by atoms with van der Waals surface area (Å²) in [6, 6.07) is 18.5. The van der Waals surface area contributed by atoms with E-state index in [2.05, 4.69) is 52.3 Å². The van der Waals surface area contributed by atoms with Crippen LogP contribution < -0.4 is 4.74 Å². The average molecular weight is 435 g/mol. The number of aliphatic hydroxyl groups is 1. The van der Waals surface area contributed by atoms with Gasteiger partial charge in [-0.2, -0.15) is 5.10 Å². The monoisotopic (exact) mass is 434 g/mol. The minimum absolute atomic E-state index is 0.323. The zero-order valence-corrected chi connectivity index (χ0v) is 18.9. The van der Waals surface area contributed by atoms with Crippen LogP contribution in [-0.2, 0) is 13.1 Å². The van der Waals surface area contributed by atoms with E-state index in [4.69, 9.17) is 4.74 Å². The highest BCUT2D eigenvalue weighted by molar-refractivity contribution is 5.36. The summed E-state index contributed by atoms with van der Waals surface area (Å²) in [5, 5.41) is 14.8. The third-order valence-electron chi connectivity index (χ3n) is 5.89. The molecular formula is C26H34N4O2. The Bertz CT molecular complexity index is 954. The highest BCUT2D eigenvalue weighted by Crippen LogP contribution is 2.21. The maximum Gasteiger partial charge on any atom is 0.123 e. The van der Waals surface area contributed by atoms with E-state index < -0.39 is 6.10 Å². The number of aliphatic hydroxyl groups excluding tert-OH is 1. The third-order valence-corrected chi connectivity index (χ3v) is 5.89. The van der Waals surface area contributed by atoms with Gasteiger partial charge in [0.05, 0.1) is 5.69 Å². The molecule has 0 aliphatic carbocycles. The Balaban J connectivity index is 1.32. The molecule has 3 aromatic rings. The molecule has 32 heavy (non-hydrogen) atoms.